The largest absolute Gasteiger partial charge is 0.341 e. The first-order chi connectivity index (χ1) is 13.0. The lowest BCUT2D eigenvalue weighted by molar-refractivity contribution is -0.117. The summed E-state index contributed by atoms with van der Waals surface area (Å²) in [4.78, 5) is 37.0. The van der Waals surface area contributed by atoms with Crippen molar-refractivity contribution in [3.8, 4) is 0 Å². The van der Waals surface area contributed by atoms with Crippen LogP contribution < -0.4 is 20.9 Å². The molecule has 7 heteroatoms. The number of carbonyl (C=O) groups excluding carboxylic acids is 3. The standard InChI is InChI=1S/C20H22N4O3/c1-21-20(27)23-16-8-6-15(7-9-16)22-18(25)13-14-4-10-17(11-5-14)24-12-2-3-19(24)26/h4-11H,2-3,12-13H2,1H3,(H,22,25)(H2,21,23,27). The average molecular weight is 366 g/mol. The monoisotopic (exact) mass is 366 g/mol. The Balaban J connectivity index is 1.54. The van der Waals surface area contributed by atoms with Crippen molar-refractivity contribution in [2.24, 2.45) is 0 Å². The van der Waals surface area contributed by atoms with Gasteiger partial charge in [-0.2, -0.15) is 0 Å². The molecule has 0 aliphatic carbocycles. The van der Waals surface area contributed by atoms with Gasteiger partial charge in [-0.1, -0.05) is 12.1 Å². The summed E-state index contributed by atoms with van der Waals surface area (Å²) in [6.45, 7) is 0.753. The van der Waals surface area contributed by atoms with Gasteiger partial charge in [-0.3, -0.25) is 9.59 Å². The summed E-state index contributed by atoms with van der Waals surface area (Å²) in [5, 5.41) is 7.95. The van der Waals surface area contributed by atoms with Crippen molar-refractivity contribution < 1.29 is 14.4 Å². The van der Waals surface area contributed by atoms with Crippen molar-refractivity contribution in [1.29, 1.82) is 0 Å². The van der Waals surface area contributed by atoms with Crippen LogP contribution in [-0.2, 0) is 16.0 Å². The molecule has 4 amide bonds. The zero-order valence-electron chi connectivity index (χ0n) is 15.1. The Morgan fingerprint density at radius 1 is 0.963 bits per heavy atom. The Labute approximate surface area is 157 Å². The third-order valence-corrected chi connectivity index (χ3v) is 4.34. The summed E-state index contributed by atoms with van der Waals surface area (Å²) < 4.78 is 0. The van der Waals surface area contributed by atoms with E-state index in [1.807, 2.05) is 24.3 Å². The van der Waals surface area contributed by atoms with Crippen LogP contribution >= 0.6 is 0 Å². The first-order valence-electron chi connectivity index (χ1n) is 8.83. The first kappa shape index (κ1) is 18.4. The molecule has 0 radical (unpaired) electrons. The van der Waals surface area contributed by atoms with Gasteiger partial charge >= 0.3 is 6.03 Å². The fourth-order valence-corrected chi connectivity index (χ4v) is 2.94. The van der Waals surface area contributed by atoms with Crippen molar-refractivity contribution in [3.63, 3.8) is 0 Å². The van der Waals surface area contributed by atoms with Crippen LogP contribution in [0, 0.1) is 0 Å². The average Bonchev–Trinajstić information content (AvgIpc) is 3.10. The van der Waals surface area contributed by atoms with Crippen LogP contribution in [0.4, 0.5) is 21.9 Å². The second kappa shape index (κ2) is 8.35. The Kier molecular flexibility index (Phi) is 5.71. The summed E-state index contributed by atoms with van der Waals surface area (Å²) in [7, 11) is 1.54. The van der Waals surface area contributed by atoms with Crippen molar-refractivity contribution in [2.45, 2.75) is 19.3 Å². The van der Waals surface area contributed by atoms with E-state index in [2.05, 4.69) is 16.0 Å². The molecule has 0 unspecified atom stereocenters. The molecule has 1 saturated heterocycles. The van der Waals surface area contributed by atoms with E-state index in [1.165, 1.54) is 0 Å². The molecule has 1 aliphatic rings. The van der Waals surface area contributed by atoms with E-state index in [-0.39, 0.29) is 24.3 Å². The lowest BCUT2D eigenvalue weighted by atomic mass is 10.1. The topological polar surface area (TPSA) is 90.5 Å². The minimum absolute atomic E-state index is 0.132. The third kappa shape index (κ3) is 4.84. The van der Waals surface area contributed by atoms with Gasteiger partial charge in [-0.05, 0) is 48.4 Å². The van der Waals surface area contributed by atoms with E-state index in [4.69, 9.17) is 0 Å². The molecule has 0 atom stereocenters. The van der Waals surface area contributed by atoms with E-state index < -0.39 is 0 Å². The number of hydrogen-bond acceptors (Lipinski definition) is 3. The zero-order valence-corrected chi connectivity index (χ0v) is 15.1. The lowest BCUT2D eigenvalue weighted by Gasteiger charge is -2.15. The molecule has 0 aromatic heterocycles. The predicted molar refractivity (Wildman–Crippen MR) is 105 cm³/mol. The molecular formula is C20H22N4O3. The highest BCUT2D eigenvalue weighted by atomic mass is 16.2. The van der Waals surface area contributed by atoms with E-state index >= 15 is 0 Å². The second-order valence-corrected chi connectivity index (χ2v) is 6.32. The number of hydrogen-bond donors (Lipinski definition) is 3. The number of anilines is 3. The maximum Gasteiger partial charge on any atom is 0.318 e. The number of nitrogens with one attached hydrogen (secondary N) is 3. The van der Waals surface area contributed by atoms with Gasteiger partial charge in [-0.15, -0.1) is 0 Å². The molecule has 0 spiro atoms. The molecule has 3 N–H and O–H groups in total. The highest BCUT2D eigenvalue weighted by Gasteiger charge is 2.21. The van der Waals surface area contributed by atoms with Gasteiger partial charge in [0, 0.05) is 37.1 Å². The summed E-state index contributed by atoms with van der Waals surface area (Å²) in [6.07, 6.45) is 1.73. The normalized spacial score (nSPS) is 13.4. The van der Waals surface area contributed by atoms with Crippen LogP contribution in [0.15, 0.2) is 48.5 Å². The van der Waals surface area contributed by atoms with Gasteiger partial charge in [0.25, 0.3) is 0 Å². The van der Waals surface area contributed by atoms with Gasteiger partial charge < -0.3 is 20.9 Å². The summed E-state index contributed by atoms with van der Waals surface area (Å²) in [6, 6.07) is 14.1. The lowest BCUT2D eigenvalue weighted by Crippen LogP contribution is -2.24. The highest BCUT2D eigenvalue weighted by molar-refractivity contribution is 5.96. The van der Waals surface area contributed by atoms with Gasteiger partial charge in [0.05, 0.1) is 6.42 Å². The van der Waals surface area contributed by atoms with Gasteiger partial charge in [-0.25, -0.2) is 4.79 Å². The van der Waals surface area contributed by atoms with E-state index in [0.29, 0.717) is 17.8 Å². The van der Waals surface area contributed by atoms with E-state index in [9.17, 15) is 14.4 Å². The molecule has 0 saturated carbocycles. The molecule has 2 aromatic carbocycles. The Bertz CT molecular complexity index is 831. The SMILES string of the molecule is CNC(=O)Nc1ccc(NC(=O)Cc2ccc(N3CCCC3=O)cc2)cc1. The van der Waals surface area contributed by atoms with Crippen molar-refractivity contribution in [3.05, 3.63) is 54.1 Å². The molecule has 1 fully saturated rings. The second-order valence-electron chi connectivity index (χ2n) is 6.32. The fourth-order valence-electron chi connectivity index (χ4n) is 2.94. The number of rotatable bonds is 5. The van der Waals surface area contributed by atoms with Crippen LogP contribution in [0.2, 0.25) is 0 Å². The molecule has 1 aliphatic heterocycles. The Hall–Kier alpha value is -3.35. The molecule has 140 valence electrons. The minimum atomic E-state index is -0.300. The van der Waals surface area contributed by atoms with Crippen molar-refractivity contribution in [2.75, 3.05) is 29.1 Å². The predicted octanol–water partition coefficient (Wildman–Crippen LogP) is 2.75. The molecule has 27 heavy (non-hydrogen) atoms. The molecule has 0 bridgehead atoms. The zero-order chi connectivity index (χ0) is 19.2. The maximum absolute atomic E-state index is 12.2. The first-order valence-corrected chi connectivity index (χ1v) is 8.83. The van der Waals surface area contributed by atoms with Crippen molar-refractivity contribution in [1.82, 2.24) is 5.32 Å². The molecule has 7 nitrogen and oxygen atoms in total. The summed E-state index contributed by atoms with van der Waals surface area (Å²) in [5.41, 5.74) is 3.04. The summed E-state index contributed by atoms with van der Waals surface area (Å²) in [5.74, 6) is 0.0156. The third-order valence-electron chi connectivity index (χ3n) is 4.34. The highest BCUT2D eigenvalue weighted by Crippen LogP contribution is 2.22. The Morgan fingerprint density at radius 3 is 2.15 bits per heavy atom. The number of nitrogens with zero attached hydrogens (tertiary/aromatic N) is 1. The van der Waals surface area contributed by atoms with Crippen LogP contribution in [-0.4, -0.2) is 31.4 Å². The smallest absolute Gasteiger partial charge is 0.318 e. The van der Waals surface area contributed by atoms with Gasteiger partial charge in [0.1, 0.15) is 0 Å². The van der Waals surface area contributed by atoms with Gasteiger partial charge in [0.15, 0.2) is 0 Å². The van der Waals surface area contributed by atoms with Crippen LogP contribution in [0.3, 0.4) is 0 Å². The number of carbonyl (C=O) groups is 3. The molecular weight excluding hydrogens is 344 g/mol. The summed E-state index contributed by atoms with van der Waals surface area (Å²) >= 11 is 0. The van der Waals surface area contributed by atoms with E-state index in [0.717, 1.165) is 24.2 Å². The maximum atomic E-state index is 12.2. The van der Waals surface area contributed by atoms with Crippen LogP contribution in [0.5, 0.6) is 0 Å². The Morgan fingerprint density at radius 2 is 1.59 bits per heavy atom. The van der Waals surface area contributed by atoms with Crippen molar-refractivity contribution >= 4 is 34.9 Å². The number of benzene rings is 2. The number of amides is 4. The van der Waals surface area contributed by atoms with Gasteiger partial charge in [0.2, 0.25) is 11.8 Å². The fraction of sp³-hybridized carbons (Fsp3) is 0.250. The molecule has 2 aromatic rings. The number of urea groups is 1. The molecule has 1 heterocycles. The van der Waals surface area contributed by atoms with E-state index in [1.54, 1.807) is 36.2 Å². The quantitative estimate of drug-likeness (QED) is 0.760. The molecule has 3 rings (SSSR count). The van der Waals surface area contributed by atoms with Crippen LogP contribution in [0.1, 0.15) is 18.4 Å². The van der Waals surface area contributed by atoms with Crippen LogP contribution in [0.25, 0.3) is 0 Å². The minimum Gasteiger partial charge on any atom is -0.341 e.